The van der Waals surface area contributed by atoms with Crippen molar-refractivity contribution in [2.45, 2.75) is 25.7 Å². The fourth-order valence-corrected chi connectivity index (χ4v) is 2.86. The number of fused-ring (bicyclic) bond motifs is 1. The first-order valence-electron chi connectivity index (χ1n) is 5.71. The van der Waals surface area contributed by atoms with Crippen molar-refractivity contribution < 1.29 is 0 Å². The summed E-state index contributed by atoms with van der Waals surface area (Å²) in [5.41, 5.74) is 2.57. The van der Waals surface area contributed by atoms with Crippen LogP contribution in [0.25, 0.3) is 0 Å². The Bertz CT molecular complexity index is 470. The van der Waals surface area contributed by atoms with Crippen LogP contribution in [0.2, 0.25) is 0 Å². The first-order valence-corrected chi connectivity index (χ1v) is 5.71. The molecule has 1 heterocycles. The number of rotatable bonds is 1. The van der Waals surface area contributed by atoms with Gasteiger partial charge in [0.15, 0.2) is 0 Å². The third-order valence-electron chi connectivity index (χ3n) is 3.62. The molecule has 1 aliphatic heterocycles. The minimum absolute atomic E-state index is 0.141. The summed E-state index contributed by atoms with van der Waals surface area (Å²) in [7, 11) is 0. The minimum Gasteiger partial charge on any atom is -0.193 e. The van der Waals surface area contributed by atoms with Crippen molar-refractivity contribution in [2.24, 2.45) is 27.3 Å². The molecule has 0 saturated heterocycles. The zero-order valence-corrected chi connectivity index (χ0v) is 8.93. The lowest BCUT2D eigenvalue weighted by Crippen LogP contribution is -2.26. The molecule has 1 fully saturated rings. The Kier molecular flexibility index (Phi) is 2.17. The van der Waals surface area contributed by atoms with Gasteiger partial charge in [0.1, 0.15) is 11.4 Å². The van der Waals surface area contributed by atoms with Crippen LogP contribution in [0.1, 0.15) is 25.7 Å². The van der Waals surface area contributed by atoms with Gasteiger partial charge in [0.25, 0.3) is 0 Å². The van der Waals surface area contributed by atoms with E-state index >= 15 is 0 Å². The van der Waals surface area contributed by atoms with Crippen LogP contribution in [-0.2, 0) is 0 Å². The molecule has 2 aliphatic carbocycles. The lowest BCUT2D eigenvalue weighted by Gasteiger charge is -2.24. The van der Waals surface area contributed by atoms with E-state index in [1.807, 2.05) is 12.2 Å². The van der Waals surface area contributed by atoms with Crippen LogP contribution in [0.5, 0.6) is 0 Å². The average Bonchev–Trinajstić information content (AvgIpc) is 2.98. The summed E-state index contributed by atoms with van der Waals surface area (Å²) in [4.78, 5) is 0. The lowest BCUT2D eigenvalue weighted by molar-refractivity contribution is 0.479. The summed E-state index contributed by atoms with van der Waals surface area (Å²) < 4.78 is 0. The van der Waals surface area contributed by atoms with Crippen molar-refractivity contribution in [3.8, 4) is 6.07 Å². The van der Waals surface area contributed by atoms with Crippen LogP contribution in [-0.4, -0.2) is 5.71 Å². The van der Waals surface area contributed by atoms with Crippen molar-refractivity contribution in [3.05, 3.63) is 23.4 Å². The molecule has 3 rings (SSSR count). The molecule has 0 radical (unpaired) electrons. The molecular weight excluding hydrogens is 200 g/mol. The molecule has 16 heavy (non-hydrogen) atoms. The fraction of sp³-hybridized carbons (Fsp3) is 0.500. The van der Waals surface area contributed by atoms with Crippen LogP contribution < -0.4 is 0 Å². The topological polar surface area (TPSA) is 60.9 Å². The second-order valence-corrected chi connectivity index (χ2v) is 4.48. The van der Waals surface area contributed by atoms with Crippen LogP contribution in [0, 0.1) is 23.2 Å². The maximum Gasteiger partial charge on any atom is 0.112 e. The predicted molar refractivity (Wildman–Crippen MR) is 59.5 cm³/mol. The van der Waals surface area contributed by atoms with Gasteiger partial charge in [-0.05, 0) is 36.1 Å². The molecule has 0 bridgehead atoms. The monoisotopic (exact) mass is 212 g/mol. The van der Waals surface area contributed by atoms with Gasteiger partial charge in [0.05, 0.1) is 6.07 Å². The minimum atomic E-state index is 0.141. The smallest absolute Gasteiger partial charge is 0.112 e. The van der Waals surface area contributed by atoms with E-state index < -0.39 is 0 Å². The van der Waals surface area contributed by atoms with E-state index in [2.05, 4.69) is 21.5 Å². The van der Waals surface area contributed by atoms with Crippen molar-refractivity contribution in [1.29, 1.82) is 5.26 Å². The zero-order valence-electron chi connectivity index (χ0n) is 8.93. The molecule has 4 heteroatoms. The Labute approximate surface area is 94.1 Å². The first-order chi connectivity index (χ1) is 7.90. The molecule has 1 atom stereocenters. The van der Waals surface area contributed by atoms with Crippen molar-refractivity contribution >= 4 is 5.71 Å². The van der Waals surface area contributed by atoms with Crippen molar-refractivity contribution in [3.63, 3.8) is 0 Å². The number of hydrogen-bond acceptors (Lipinski definition) is 4. The molecule has 0 spiro atoms. The Morgan fingerprint density at radius 2 is 2.06 bits per heavy atom. The van der Waals surface area contributed by atoms with E-state index in [4.69, 9.17) is 0 Å². The summed E-state index contributed by atoms with van der Waals surface area (Å²) >= 11 is 0. The summed E-state index contributed by atoms with van der Waals surface area (Å²) in [5, 5.41) is 21.0. The molecule has 4 nitrogen and oxygen atoms in total. The Hall–Kier alpha value is -1.76. The van der Waals surface area contributed by atoms with Crippen LogP contribution >= 0.6 is 0 Å². The van der Waals surface area contributed by atoms with E-state index in [-0.39, 0.29) is 5.92 Å². The molecular formula is C12H12N4. The van der Waals surface area contributed by atoms with Gasteiger partial charge in [-0.15, -0.1) is 10.2 Å². The summed E-state index contributed by atoms with van der Waals surface area (Å²) in [6, 6.07) is 2.30. The maximum absolute atomic E-state index is 9.18. The standard InChI is InChI=1S/C12H12N4/c13-7-9-5-6-10-12(15-16-14-10)11(9)8-3-1-2-4-8/h5-6,8,11H,1-4H2. The highest BCUT2D eigenvalue weighted by atomic mass is 15.4. The summed E-state index contributed by atoms with van der Waals surface area (Å²) in [5.74, 6) is 0.694. The van der Waals surface area contributed by atoms with E-state index in [1.165, 1.54) is 25.7 Å². The molecule has 3 aliphatic rings. The van der Waals surface area contributed by atoms with Gasteiger partial charge >= 0.3 is 0 Å². The van der Waals surface area contributed by atoms with Gasteiger partial charge in [-0.2, -0.15) is 5.26 Å². The highest BCUT2D eigenvalue weighted by Crippen LogP contribution is 2.40. The van der Waals surface area contributed by atoms with E-state index in [0.29, 0.717) is 5.92 Å². The van der Waals surface area contributed by atoms with E-state index in [9.17, 15) is 5.26 Å². The van der Waals surface area contributed by atoms with Gasteiger partial charge in [0.2, 0.25) is 0 Å². The number of nitriles is 1. The molecule has 0 amide bonds. The second-order valence-electron chi connectivity index (χ2n) is 4.48. The Balaban J connectivity index is 1.98. The predicted octanol–water partition coefficient (Wildman–Crippen LogP) is 2.96. The van der Waals surface area contributed by atoms with Gasteiger partial charge in [-0.1, -0.05) is 12.8 Å². The molecule has 0 aromatic carbocycles. The van der Waals surface area contributed by atoms with Gasteiger partial charge in [-0.25, -0.2) is 0 Å². The summed E-state index contributed by atoms with van der Waals surface area (Å²) in [6.07, 6.45) is 8.63. The van der Waals surface area contributed by atoms with Gasteiger partial charge in [-0.3, -0.25) is 0 Å². The third-order valence-corrected chi connectivity index (χ3v) is 3.62. The largest absolute Gasteiger partial charge is 0.193 e. The molecule has 0 aromatic rings. The quantitative estimate of drug-likeness (QED) is 0.659. The number of nitrogens with zero attached hydrogens (tertiary/aromatic N) is 4. The van der Waals surface area contributed by atoms with Crippen molar-refractivity contribution in [1.82, 2.24) is 0 Å². The van der Waals surface area contributed by atoms with Crippen LogP contribution in [0.3, 0.4) is 0 Å². The Morgan fingerprint density at radius 3 is 2.81 bits per heavy atom. The van der Waals surface area contributed by atoms with Crippen LogP contribution in [0.15, 0.2) is 38.9 Å². The molecule has 0 N–H and O–H groups in total. The zero-order chi connectivity index (χ0) is 11.0. The maximum atomic E-state index is 9.18. The second kappa shape index (κ2) is 3.67. The molecule has 1 unspecified atom stereocenters. The SMILES string of the molecule is N#CC1=CC=C2N=NN=C2C1C1CCCC1. The lowest BCUT2D eigenvalue weighted by atomic mass is 9.78. The average molecular weight is 212 g/mol. The first kappa shape index (κ1) is 9.46. The molecule has 1 saturated carbocycles. The van der Waals surface area contributed by atoms with Crippen molar-refractivity contribution in [2.75, 3.05) is 0 Å². The van der Waals surface area contributed by atoms with Gasteiger partial charge < -0.3 is 0 Å². The van der Waals surface area contributed by atoms with Crippen LogP contribution in [0.4, 0.5) is 0 Å². The highest BCUT2D eigenvalue weighted by molar-refractivity contribution is 6.05. The fourth-order valence-electron chi connectivity index (χ4n) is 2.86. The molecule has 80 valence electrons. The number of hydrogen-bond donors (Lipinski definition) is 0. The summed E-state index contributed by atoms with van der Waals surface area (Å²) in [6.45, 7) is 0. The van der Waals surface area contributed by atoms with E-state index in [0.717, 1.165) is 17.0 Å². The van der Waals surface area contributed by atoms with Gasteiger partial charge in [0, 0.05) is 11.5 Å². The number of allylic oxidation sites excluding steroid dienone is 4. The third kappa shape index (κ3) is 1.32. The van der Waals surface area contributed by atoms with E-state index in [1.54, 1.807) is 0 Å². The normalized spacial score (nSPS) is 28.2. The highest BCUT2D eigenvalue weighted by Gasteiger charge is 2.36. The molecule has 0 aromatic heterocycles. The Morgan fingerprint density at radius 1 is 1.25 bits per heavy atom.